The van der Waals surface area contributed by atoms with Gasteiger partial charge in [-0.3, -0.25) is 4.72 Å². The molecule has 3 aromatic carbocycles. The molecule has 0 aliphatic rings. The van der Waals surface area contributed by atoms with Crippen LogP contribution >= 0.6 is 35.0 Å². The molecule has 0 bridgehead atoms. The first kappa shape index (κ1) is 20.1. The summed E-state index contributed by atoms with van der Waals surface area (Å²) in [6.45, 7) is 1.91. The van der Waals surface area contributed by atoms with Crippen LogP contribution in [0.15, 0.2) is 76.5 Å². The number of hydrogen-bond donors (Lipinski definition) is 1. The van der Waals surface area contributed by atoms with Crippen LogP contribution in [0.2, 0.25) is 10.0 Å². The average molecular weight is 438 g/mol. The number of hydrogen-bond acceptors (Lipinski definition) is 3. The first-order valence-electron chi connectivity index (χ1n) is 8.10. The zero-order valence-corrected chi connectivity index (χ0v) is 17.6. The monoisotopic (exact) mass is 437 g/mol. The highest BCUT2D eigenvalue weighted by Gasteiger charge is 2.13. The summed E-state index contributed by atoms with van der Waals surface area (Å²) in [6, 6.07) is 19.6. The number of sulfonamides is 1. The predicted octanol–water partition coefficient (Wildman–Crippen LogP) is 6.39. The SMILES string of the molecule is Cc1ccc(S(=O)(=O)Nc2ccc(SCc3ccc(Cl)c(Cl)c3)cc2)cc1. The van der Waals surface area contributed by atoms with Gasteiger partial charge >= 0.3 is 0 Å². The number of benzene rings is 3. The van der Waals surface area contributed by atoms with E-state index in [4.69, 9.17) is 23.2 Å². The summed E-state index contributed by atoms with van der Waals surface area (Å²) < 4.78 is 27.5. The molecule has 0 unspecified atom stereocenters. The Kier molecular flexibility index (Phi) is 6.37. The van der Waals surface area contributed by atoms with Gasteiger partial charge in [-0.15, -0.1) is 11.8 Å². The first-order chi connectivity index (χ1) is 12.8. The highest BCUT2D eigenvalue weighted by molar-refractivity contribution is 7.98. The number of nitrogens with one attached hydrogen (secondary N) is 1. The van der Waals surface area contributed by atoms with Gasteiger partial charge in [0, 0.05) is 16.3 Å². The molecule has 3 aromatic rings. The molecule has 0 radical (unpaired) electrons. The third-order valence-electron chi connectivity index (χ3n) is 3.83. The summed E-state index contributed by atoms with van der Waals surface area (Å²) in [7, 11) is -3.59. The van der Waals surface area contributed by atoms with E-state index in [1.807, 2.05) is 31.2 Å². The minimum Gasteiger partial charge on any atom is -0.280 e. The van der Waals surface area contributed by atoms with Crippen molar-refractivity contribution in [1.82, 2.24) is 0 Å². The largest absolute Gasteiger partial charge is 0.280 e. The number of halogens is 2. The van der Waals surface area contributed by atoms with Gasteiger partial charge in [-0.05, 0) is 61.0 Å². The van der Waals surface area contributed by atoms with Crippen LogP contribution in [0.4, 0.5) is 5.69 Å². The van der Waals surface area contributed by atoms with E-state index in [-0.39, 0.29) is 4.90 Å². The molecule has 0 atom stereocenters. The van der Waals surface area contributed by atoms with Crippen LogP contribution in [0.25, 0.3) is 0 Å². The summed E-state index contributed by atoms with van der Waals surface area (Å²) in [5.74, 6) is 0.741. The van der Waals surface area contributed by atoms with Gasteiger partial charge in [-0.25, -0.2) is 8.42 Å². The molecule has 1 N–H and O–H groups in total. The van der Waals surface area contributed by atoms with Crippen LogP contribution in [-0.2, 0) is 15.8 Å². The van der Waals surface area contributed by atoms with Gasteiger partial charge < -0.3 is 0 Å². The van der Waals surface area contributed by atoms with Crippen molar-refractivity contribution < 1.29 is 8.42 Å². The van der Waals surface area contributed by atoms with E-state index in [2.05, 4.69) is 4.72 Å². The van der Waals surface area contributed by atoms with E-state index < -0.39 is 10.0 Å². The topological polar surface area (TPSA) is 46.2 Å². The van der Waals surface area contributed by atoms with Crippen molar-refractivity contribution in [2.75, 3.05) is 4.72 Å². The fourth-order valence-electron chi connectivity index (χ4n) is 2.35. The van der Waals surface area contributed by atoms with Crippen molar-refractivity contribution in [2.45, 2.75) is 22.5 Å². The quantitative estimate of drug-likeness (QED) is 0.454. The second kappa shape index (κ2) is 8.57. The third kappa shape index (κ3) is 5.42. The molecule has 0 fully saturated rings. The Labute approximate surface area is 173 Å². The lowest BCUT2D eigenvalue weighted by molar-refractivity contribution is 0.601. The first-order valence-corrected chi connectivity index (χ1v) is 11.3. The van der Waals surface area contributed by atoms with Gasteiger partial charge in [0.1, 0.15) is 0 Å². The molecule has 0 saturated heterocycles. The second-order valence-electron chi connectivity index (χ2n) is 5.98. The molecule has 27 heavy (non-hydrogen) atoms. The van der Waals surface area contributed by atoms with Crippen molar-refractivity contribution in [3.8, 4) is 0 Å². The molecule has 0 spiro atoms. The molecule has 3 rings (SSSR count). The van der Waals surface area contributed by atoms with Gasteiger partial charge in [-0.2, -0.15) is 0 Å². The summed E-state index contributed by atoms with van der Waals surface area (Å²) in [5, 5.41) is 1.08. The maximum atomic E-state index is 12.4. The van der Waals surface area contributed by atoms with E-state index in [1.54, 1.807) is 54.2 Å². The zero-order valence-electron chi connectivity index (χ0n) is 14.4. The molecular formula is C20H17Cl2NO2S2. The molecule has 0 aliphatic heterocycles. The minimum absolute atomic E-state index is 0.242. The van der Waals surface area contributed by atoms with E-state index in [9.17, 15) is 8.42 Å². The van der Waals surface area contributed by atoms with Crippen molar-refractivity contribution >= 4 is 50.7 Å². The lowest BCUT2D eigenvalue weighted by Crippen LogP contribution is -2.12. The third-order valence-corrected chi connectivity index (χ3v) is 7.05. The lowest BCUT2D eigenvalue weighted by Gasteiger charge is -2.09. The Morgan fingerprint density at radius 3 is 2.19 bits per heavy atom. The van der Waals surface area contributed by atoms with Gasteiger partial charge in [0.25, 0.3) is 10.0 Å². The molecule has 7 heteroatoms. The van der Waals surface area contributed by atoms with Crippen LogP contribution in [0, 0.1) is 6.92 Å². The maximum absolute atomic E-state index is 12.4. The molecule has 3 nitrogen and oxygen atoms in total. The van der Waals surface area contributed by atoms with Gasteiger partial charge in [0.05, 0.1) is 14.9 Å². The van der Waals surface area contributed by atoms with E-state index in [0.29, 0.717) is 15.7 Å². The minimum atomic E-state index is -3.59. The van der Waals surface area contributed by atoms with Crippen LogP contribution < -0.4 is 4.72 Å². The highest BCUT2D eigenvalue weighted by atomic mass is 35.5. The van der Waals surface area contributed by atoms with E-state index >= 15 is 0 Å². The van der Waals surface area contributed by atoms with Crippen molar-refractivity contribution in [3.05, 3.63) is 87.9 Å². The number of anilines is 1. The Morgan fingerprint density at radius 2 is 1.56 bits per heavy atom. The highest BCUT2D eigenvalue weighted by Crippen LogP contribution is 2.28. The Morgan fingerprint density at radius 1 is 0.889 bits per heavy atom. The number of thioether (sulfide) groups is 1. The van der Waals surface area contributed by atoms with Crippen LogP contribution in [-0.4, -0.2) is 8.42 Å². The normalized spacial score (nSPS) is 11.4. The van der Waals surface area contributed by atoms with Gasteiger partial charge in [0.15, 0.2) is 0 Å². The number of aryl methyl sites for hydroxylation is 1. The summed E-state index contributed by atoms with van der Waals surface area (Å²) in [5.41, 5.74) is 2.60. The van der Waals surface area contributed by atoms with E-state index in [1.165, 1.54) is 0 Å². The molecule has 0 amide bonds. The smallest absolute Gasteiger partial charge is 0.261 e. The molecule has 0 heterocycles. The van der Waals surface area contributed by atoms with Crippen molar-refractivity contribution in [1.29, 1.82) is 0 Å². The van der Waals surface area contributed by atoms with Crippen LogP contribution in [0.1, 0.15) is 11.1 Å². The predicted molar refractivity (Wildman–Crippen MR) is 114 cm³/mol. The standard InChI is InChI=1S/C20H17Cl2NO2S2/c1-14-2-9-18(10-3-14)27(24,25)23-16-5-7-17(8-6-16)26-13-15-4-11-19(21)20(22)12-15/h2-12,23H,13H2,1H3. The summed E-state index contributed by atoms with van der Waals surface area (Å²) in [6.07, 6.45) is 0. The number of rotatable bonds is 6. The molecular weight excluding hydrogens is 421 g/mol. The Hall–Kier alpha value is -1.66. The van der Waals surface area contributed by atoms with E-state index in [0.717, 1.165) is 21.8 Å². The average Bonchev–Trinajstić information content (AvgIpc) is 2.64. The van der Waals surface area contributed by atoms with Crippen LogP contribution in [0.5, 0.6) is 0 Å². The van der Waals surface area contributed by atoms with Crippen molar-refractivity contribution in [2.24, 2.45) is 0 Å². The Balaban J connectivity index is 1.64. The molecule has 140 valence electrons. The van der Waals surface area contributed by atoms with Crippen LogP contribution in [0.3, 0.4) is 0 Å². The fourth-order valence-corrected chi connectivity index (χ4v) is 4.57. The zero-order chi connectivity index (χ0) is 19.4. The fraction of sp³-hybridized carbons (Fsp3) is 0.100. The molecule has 0 saturated carbocycles. The summed E-state index contributed by atoms with van der Waals surface area (Å²) >= 11 is 13.6. The molecule has 0 aliphatic carbocycles. The van der Waals surface area contributed by atoms with Gasteiger partial charge in [0.2, 0.25) is 0 Å². The summed E-state index contributed by atoms with van der Waals surface area (Å²) in [4.78, 5) is 1.27. The molecule has 0 aromatic heterocycles. The van der Waals surface area contributed by atoms with Crippen molar-refractivity contribution in [3.63, 3.8) is 0 Å². The van der Waals surface area contributed by atoms with Gasteiger partial charge in [-0.1, -0.05) is 47.0 Å². The second-order valence-corrected chi connectivity index (χ2v) is 9.53. The lowest BCUT2D eigenvalue weighted by atomic mass is 10.2. The maximum Gasteiger partial charge on any atom is 0.261 e. The Bertz CT molecular complexity index is 1030.